The standard InChI is InChI=1S/C13H11FN4O3/c14-7-2-1-3-8(9(7)13(20)21)15-12(19)11-16-10(17-18-11)6-4-5-6/h1-3,6H,4-5H2,(H,15,19)(H,20,21)(H,16,17,18). The highest BCUT2D eigenvalue weighted by atomic mass is 19.1. The van der Waals surface area contributed by atoms with E-state index in [0.29, 0.717) is 11.7 Å². The van der Waals surface area contributed by atoms with Gasteiger partial charge in [-0.25, -0.2) is 14.2 Å². The van der Waals surface area contributed by atoms with Crippen molar-refractivity contribution in [3.8, 4) is 0 Å². The summed E-state index contributed by atoms with van der Waals surface area (Å²) in [5, 5.41) is 17.8. The van der Waals surface area contributed by atoms with Gasteiger partial charge in [-0.05, 0) is 25.0 Å². The first kappa shape index (κ1) is 13.2. The van der Waals surface area contributed by atoms with Gasteiger partial charge in [0.05, 0.1) is 5.69 Å². The summed E-state index contributed by atoms with van der Waals surface area (Å²) in [5.74, 6) is -2.23. The first-order valence-electron chi connectivity index (χ1n) is 6.31. The number of nitrogens with zero attached hydrogens (tertiary/aromatic N) is 2. The number of carbonyl (C=O) groups is 2. The first-order chi connectivity index (χ1) is 10.1. The molecule has 21 heavy (non-hydrogen) atoms. The molecule has 0 bridgehead atoms. The molecule has 1 aliphatic rings. The van der Waals surface area contributed by atoms with Crippen LogP contribution in [0.1, 0.15) is 45.6 Å². The second-order valence-electron chi connectivity index (χ2n) is 4.74. The van der Waals surface area contributed by atoms with Crippen molar-refractivity contribution < 1.29 is 19.1 Å². The predicted molar refractivity (Wildman–Crippen MR) is 69.7 cm³/mol. The Morgan fingerprint density at radius 3 is 2.81 bits per heavy atom. The van der Waals surface area contributed by atoms with Crippen molar-refractivity contribution in [1.29, 1.82) is 0 Å². The van der Waals surface area contributed by atoms with Gasteiger partial charge in [0.1, 0.15) is 17.2 Å². The molecule has 1 aromatic heterocycles. The Labute approximate surface area is 118 Å². The largest absolute Gasteiger partial charge is 0.478 e. The lowest BCUT2D eigenvalue weighted by atomic mass is 10.1. The Hall–Kier alpha value is -2.77. The van der Waals surface area contributed by atoms with Gasteiger partial charge in [0.25, 0.3) is 5.91 Å². The van der Waals surface area contributed by atoms with Crippen molar-refractivity contribution >= 4 is 17.6 Å². The number of amides is 1. The summed E-state index contributed by atoms with van der Waals surface area (Å²) in [4.78, 5) is 27.1. The number of carbonyl (C=O) groups excluding carboxylic acids is 1. The van der Waals surface area contributed by atoms with E-state index in [0.717, 1.165) is 18.9 Å². The third kappa shape index (κ3) is 2.60. The summed E-state index contributed by atoms with van der Waals surface area (Å²) in [5.41, 5.74) is -0.728. The van der Waals surface area contributed by atoms with Crippen molar-refractivity contribution in [2.75, 3.05) is 5.32 Å². The van der Waals surface area contributed by atoms with Gasteiger partial charge < -0.3 is 10.4 Å². The third-order valence-electron chi connectivity index (χ3n) is 3.15. The molecule has 2 aromatic rings. The molecule has 8 heteroatoms. The molecule has 0 aliphatic heterocycles. The molecule has 0 unspecified atom stereocenters. The summed E-state index contributed by atoms with van der Waals surface area (Å²) in [6.45, 7) is 0. The quantitative estimate of drug-likeness (QED) is 0.795. The Bertz CT molecular complexity index is 724. The Morgan fingerprint density at radius 2 is 2.14 bits per heavy atom. The molecule has 0 atom stereocenters. The summed E-state index contributed by atoms with van der Waals surface area (Å²) in [7, 11) is 0. The van der Waals surface area contributed by atoms with E-state index in [2.05, 4.69) is 20.5 Å². The molecule has 0 spiro atoms. The van der Waals surface area contributed by atoms with E-state index in [1.807, 2.05) is 0 Å². The Kier molecular flexibility index (Phi) is 3.13. The van der Waals surface area contributed by atoms with Gasteiger partial charge in [-0.1, -0.05) is 6.07 Å². The van der Waals surface area contributed by atoms with Crippen molar-refractivity contribution in [3.05, 3.63) is 41.2 Å². The van der Waals surface area contributed by atoms with Gasteiger partial charge in [-0.2, -0.15) is 0 Å². The first-order valence-corrected chi connectivity index (χ1v) is 6.31. The summed E-state index contributed by atoms with van der Waals surface area (Å²) in [6.07, 6.45) is 2.01. The number of hydrogen-bond acceptors (Lipinski definition) is 4. The van der Waals surface area contributed by atoms with E-state index < -0.39 is 23.3 Å². The zero-order valence-corrected chi connectivity index (χ0v) is 10.8. The van der Waals surface area contributed by atoms with Gasteiger partial charge in [0, 0.05) is 5.92 Å². The Balaban J connectivity index is 1.83. The molecule has 1 amide bonds. The van der Waals surface area contributed by atoms with Crippen LogP contribution in [0.2, 0.25) is 0 Å². The number of aromatic amines is 1. The van der Waals surface area contributed by atoms with E-state index in [1.54, 1.807) is 0 Å². The Morgan fingerprint density at radius 1 is 1.38 bits per heavy atom. The highest BCUT2D eigenvalue weighted by Crippen LogP contribution is 2.37. The highest BCUT2D eigenvalue weighted by molar-refractivity contribution is 6.05. The van der Waals surface area contributed by atoms with Gasteiger partial charge in [-0.3, -0.25) is 9.89 Å². The lowest BCUT2D eigenvalue weighted by molar-refractivity contribution is 0.0693. The number of aromatic carboxylic acids is 1. The molecule has 7 nitrogen and oxygen atoms in total. The van der Waals surface area contributed by atoms with Crippen molar-refractivity contribution in [1.82, 2.24) is 15.2 Å². The highest BCUT2D eigenvalue weighted by Gasteiger charge is 2.28. The smallest absolute Gasteiger partial charge is 0.340 e. The number of nitrogens with one attached hydrogen (secondary N) is 2. The number of carboxylic acids is 1. The number of hydrogen-bond donors (Lipinski definition) is 3. The van der Waals surface area contributed by atoms with Gasteiger partial charge >= 0.3 is 5.97 Å². The van der Waals surface area contributed by atoms with Gasteiger partial charge in [-0.15, -0.1) is 5.10 Å². The van der Waals surface area contributed by atoms with E-state index in [-0.39, 0.29) is 11.5 Å². The minimum Gasteiger partial charge on any atom is -0.478 e. The predicted octanol–water partition coefficient (Wildman–Crippen LogP) is 1.77. The number of rotatable bonds is 4. The third-order valence-corrected chi connectivity index (χ3v) is 3.15. The lowest BCUT2D eigenvalue weighted by Gasteiger charge is -2.07. The van der Waals surface area contributed by atoms with Crippen molar-refractivity contribution in [2.24, 2.45) is 0 Å². The number of carboxylic acid groups (broad SMARTS) is 1. The molecule has 3 rings (SSSR count). The van der Waals surface area contributed by atoms with Crippen LogP contribution >= 0.6 is 0 Å². The van der Waals surface area contributed by atoms with E-state index in [4.69, 9.17) is 5.11 Å². The fourth-order valence-electron chi connectivity index (χ4n) is 1.94. The normalized spacial score (nSPS) is 14.0. The summed E-state index contributed by atoms with van der Waals surface area (Å²) < 4.78 is 13.5. The van der Waals surface area contributed by atoms with Crippen LogP contribution in [0, 0.1) is 5.82 Å². The van der Waals surface area contributed by atoms with Crippen LogP contribution in [0.15, 0.2) is 18.2 Å². The minimum absolute atomic E-state index is 0.0995. The maximum Gasteiger partial charge on any atom is 0.340 e. The number of aromatic nitrogens is 3. The van der Waals surface area contributed by atoms with Crippen molar-refractivity contribution in [2.45, 2.75) is 18.8 Å². The van der Waals surface area contributed by atoms with Crippen LogP contribution in [0.4, 0.5) is 10.1 Å². The molecule has 3 N–H and O–H groups in total. The lowest BCUT2D eigenvalue weighted by Crippen LogP contribution is -2.17. The van der Waals surface area contributed by atoms with Crippen molar-refractivity contribution in [3.63, 3.8) is 0 Å². The molecule has 1 aromatic carbocycles. The average Bonchev–Trinajstić information content (AvgIpc) is 3.16. The fourth-order valence-corrected chi connectivity index (χ4v) is 1.94. The van der Waals surface area contributed by atoms with E-state index >= 15 is 0 Å². The zero-order chi connectivity index (χ0) is 15.0. The number of halogens is 1. The molecular weight excluding hydrogens is 279 g/mol. The second-order valence-corrected chi connectivity index (χ2v) is 4.74. The zero-order valence-electron chi connectivity index (χ0n) is 10.8. The van der Waals surface area contributed by atoms with Crippen LogP contribution in [0.5, 0.6) is 0 Å². The number of H-pyrrole nitrogens is 1. The molecule has 1 heterocycles. The number of anilines is 1. The topological polar surface area (TPSA) is 108 Å². The average molecular weight is 290 g/mol. The van der Waals surface area contributed by atoms with E-state index in [9.17, 15) is 14.0 Å². The maximum atomic E-state index is 13.5. The molecule has 108 valence electrons. The SMILES string of the molecule is O=C(Nc1cccc(F)c1C(=O)O)c1n[nH]c(C2CC2)n1. The monoisotopic (exact) mass is 290 g/mol. The molecule has 0 saturated heterocycles. The number of benzene rings is 1. The van der Waals surface area contributed by atoms with E-state index in [1.165, 1.54) is 12.1 Å². The summed E-state index contributed by atoms with van der Waals surface area (Å²) >= 11 is 0. The molecule has 1 fully saturated rings. The maximum absolute atomic E-state index is 13.5. The second kappa shape index (κ2) is 4.97. The van der Waals surface area contributed by atoms with Gasteiger partial charge in [0.15, 0.2) is 0 Å². The van der Waals surface area contributed by atoms with Crippen LogP contribution in [0.25, 0.3) is 0 Å². The van der Waals surface area contributed by atoms with Crippen LogP contribution in [-0.4, -0.2) is 32.2 Å². The minimum atomic E-state index is -1.46. The summed E-state index contributed by atoms with van der Waals surface area (Å²) in [6, 6.07) is 3.63. The molecule has 1 saturated carbocycles. The molecule has 1 aliphatic carbocycles. The van der Waals surface area contributed by atoms with Gasteiger partial charge in [0.2, 0.25) is 5.82 Å². The molecular formula is C13H11FN4O3. The molecule has 0 radical (unpaired) electrons. The van der Waals surface area contributed by atoms with Crippen LogP contribution in [0.3, 0.4) is 0 Å². The fraction of sp³-hybridized carbons (Fsp3) is 0.231. The van der Waals surface area contributed by atoms with Crippen LogP contribution in [-0.2, 0) is 0 Å². The van der Waals surface area contributed by atoms with Crippen LogP contribution < -0.4 is 5.32 Å².